The molecule has 0 aliphatic rings. The van der Waals surface area contributed by atoms with Crippen LogP contribution in [0.4, 0.5) is 13.2 Å². The van der Waals surface area contributed by atoms with Crippen molar-refractivity contribution >= 4 is 21.6 Å². The lowest BCUT2D eigenvalue weighted by Crippen LogP contribution is -2.36. The molecular weight excluding hydrogens is 303 g/mol. The molecule has 0 heterocycles. The summed E-state index contributed by atoms with van der Waals surface area (Å²) in [7, 11) is -4.10. The van der Waals surface area contributed by atoms with Crippen LogP contribution in [-0.4, -0.2) is 38.1 Å². The fourth-order valence-electron chi connectivity index (χ4n) is 1.60. The highest BCUT2D eigenvalue weighted by molar-refractivity contribution is 7.89. The van der Waals surface area contributed by atoms with Gasteiger partial charge < -0.3 is 0 Å². The molecule has 3 nitrogen and oxygen atoms in total. The van der Waals surface area contributed by atoms with Gasteiger partial charge in [-0.05, 0) is 30.7 Å². The molecule has 1 aromatic carbocycles. The van der Waals surface area contributed by atoms with Crippen molar-refractivity contribution in [2.75, 3.05) is 19.0 Å². The van der Waals surface area contributed by atoms with Crippen LogP contribution in [0.2, 0.25) is 0 Å². The Hall–Kier alpha value is -0.790. The zero-order chi connectivity index (χ0) is 14.6. The number of sulfonamides is 1. The van der Waals surface area contributed by atoms with Crippen molar-refractivity contribution in [1.29, 1.82) is 0 Å². The zero-order valence-electron chi connectivity index (χ0n) is 10.1. The maximum Gasteiger partial charge on any atom is 0.252 e. The fourth-order valence-corrected chi connectivity index (χ4v) is 3.53. The van der Waals surface area contributed by atoms with Crippen LogP contribution in [0.5, 0.6) is 0 Å². The van der Waals surface area contributed by atoms with Gasteiger partial charge in [-0.3, -0.25) is 0 Å². The van der Waals surface area contributed by atoms with E-state index in [1.165, 1.54) is 6.92 Å². The van der Waals surface area contributed by atoms with Gasteiger partial charge in [0.1, 0.15) is 5.82 Å². The van der Waals surface area contributed by atoms with Crippen molar-refractivity contribution in [3.05, 3.63) is 29.6 Å². The summed E-state index contributed by atoms with van der Waals surface area (Å²) in [5.41, 5.74) is 0.161. The highest BCUT2D eigenvalue weighted by Crippen LogP contribution is 2.21. The van der Waals surface area contributed by atoms with Crippen molar-refractivity contribution in [2.45, 2.75) is 18.2 Å². The van der Waals surface area contributed by atoms with Crippen LogP contribution in [0.15, 0.2) is 23.1 Å². The van der Waals surface area contributed by atoms with E-state index in [2.05, 4.69) is 0 Å². The highest BCUT2D eigenvalue weighted by atomic mass is 35.5. The predicted octanol–water partition coefficient (Wildman–Crippen LogP) is 2.63. The van der Waals surface area contributed by atoms with Gasteiger partial charge in [-0.1, -0.05) is 0 Å². The number of nitrogens with zero attached hydrogens (tertiary/aromatic N) is 1. The summed E-state index contributed by atoms with van der Waals surface area (Å²) >= 11 is 5.43. The maximum atomic E-state index is 12.9. The third-order valence-corrected chi connectivity index (χ3v) is 4.62. The van der Waals surface area contributed by atoms with E-state index in [0.717, 1.165) is 18.2 Å². The normalized spacial score (nSPS) is 12.4. The fraction of sp³-hybridized carbons (Fsp3) is 0.455. The molecule has 0 saturated carbocycles. The van der Waals surface area contributed by atoms with E-state index in [1.54, 1.807) is 0 Å². The van der Waals surface area contributed by atoms with Crippen LogP contribution in [-0.2, 0) is 10.0 Å². The molecule has 108 valence electrons. The highest BCUT2D eigenvalue weighted by Gasteiger charge is 2.28. The second-order valence-electron chi connectivity index (χ2n) is 3.85. The van der Waals surface area contributed by atoms with Crippen LogP contribution in [0.3, 0.4) is 0 Å². The van der Waals surface area contributed by atoms with Crippen LogP contribution < -0.4 is 0 Å². The number of halogens is 4. The van der Waals surface area contributed by atoms with E-state index in [-0.39, 0.29) is 22.9 Å². The average Bonchev–Trinajstić information content (AvgIpc) is 2.27. The van der Waals surface area contributed by atoms with E-state index >= 15 is 0 Å². The minimum Gasteiger partial charge on any atom is -0.209 e. The third kappa shape index (κ3) is 4.09. The van der Waals surface area contributed by atoms with Gasteiger partial charge in [0.05, 0.1) is 11.4 Å². The van der Waals surface area contributed by atoms with Crippen molar-refractivity contribution in [2.24, 2.45) is 0 Å². The zero-order valence-corrected chi connectivity index (χ0v) is 11.7. The number of aryl methyl sites for hydroxylation is 1. The largest absolute Gasteiger partial charge is 0.252 e. The molecule has 0 amide bonds. The number of benzene rings is 1. The van der Waals surface area contributed by atoms with Crippen LogP contribution in [0.1, 0.15) is 5.56 Å². The van der Waals surface area contributed by atoms with Crippen LogP contribution in [0, 0.1) is 12.7 Å². The minimum atomic E-state index is -4.10. The molecule has 1 aromatic rings. The smallest absolute Gasteiger partial charge is 0.209 e. The summed E-state index contributed by atoms with van der Waals surface area (Å²) in [5.74, 6) is -0.694. The van der Waals surface area contributed by atoms with Crippen LogP contribution >= 0.6 is 11.6 Å². The monoisotopic (exact) mass is 315 g/mol. The first-order valence-electron chi connectivity index (χ1n) is 5.39. The molecule has 0 bridgehead atoms. The Bertz CT molecular complexity index is 537. The second-order valence-corrected chi connectivity index (χ2v) is 6.14. The van der Waals surface area contributed by atoms with Crippen molar-refractivity contribution < 1.29 is 21.6 Å². The summed E-state index contributed by atoms with van der Waals surface area (Å²) in [6.07, 6.45) is -2.81. The lowest BCUT2D eigenvalue weighted by molar-refractivity contribution is 0.121. The number of hydrogen-bond acceptors (Lipinski definition) is 2. The first-order valence-corrected chi connectivity index (χ1v) is 7.37. The molecule has 0 atom stereocenters. The van der Waals surface area contributed by atoms with Gasteiger partial charge in [-0.2, -0.15) is 4.31 Å². The topological polar surface area (TPSA) is 37.4 Å². The molecular formula is C11H13ClF3NO2S. The lowest BCUT2D eigenvalue weighted by atomic mass is 10.2. The molecule has 8 heteroatoms. The van der Waals surface area contributed by atoms with E-state index < -0.39 is 28.8 Å². The number of alkyl halides is 3. The van der Waals surface area contributed by atoms with E-state index in [1.807, 2.05) is 0 Å². The van der Waals surface area contributed by atoms with Crippen molar-refractivity contribution in [1.82, 2.24) is 4.31 Å². The standard InChI is InChI=1S/C11H13ClF3NO2S/c1-8-6-9(13)2-3-10(8)19(17,18)16(5-4-12)7-11(14)15/h2-3,6,11H,4-5,7H2,1H3. The molecule has 1 rings (SSSR count). The molecule has 0 aliphatic heterocycles. The van der Waals surface area contributed by atoms with E-state index in [4.69, 9.17) is 11.6 Å². The van der Waals surface area contributed by atoms with Crippen molar-refractivity contribution in [3.8, 4) is 0 Å². The Morgan fingerprint density at radius 2 is 2.00 bits per heavy atom. The van der Waals surface area contributed by atoms with Gasteiger partial charge in [-0.15, -0.1) is 11.6 Å². The molecule has 0 radical (unpaired) electrons. The first-order chi connectivity index (χ1) is 8.78. The summed E-state index contributed by atoms with van der Waals surface area (Å²) in [6, 6.07) is 3.07. The Balaban J connectivity index is 3.18. The lowest BCUT2D eigenvalue weighted by Gasteiger charge is -2.21. The molecule has 0 aliphatic carbocycles. The Morgan fingerprint density at radius 1 is 1.37 bits per heavy atom. The maximum absolute atomic E-state index is 12.9. The van der Waals surface area contributed by atoms with Gasteiger partial charge in [0.2, 0.25) is 10.0 Å². The number of rotatable bonds is 6. The predicted molar refractivity (Wildman–Crippen MR) is 66.6 cm³/mol. The summed E-state index contributed by atoms with van der Waals surface area (Å²) in [6.45, 7) is 0.230. The van der Waals surface area contributed by atoms with E-state index in [9.17, 15) is 21.6 Å². The van der Waals surface area contributed by atoms with Crippen LogP contribution in [0.25, 0.3) is 0 Å². The average molecular weight is 316 g/mol. The van der Waals surface area contributed by atoms with Gasteiger partial charge >= 0.3 is 0 Å². The van der Waals surface area contributed by atoms with Gasteiger partial charge in [0, 0.05) is 12.4 Å². The Kier molecular flexibility index (Phi) is 5.64. The summed E-state index contributed by atoms with van der Waals surface area (Å²) in [5, 5.41) is 0. The summed E-state index contributed by atoms with van der Waals surface area (Å²) in [4.78, 5) is -0.195. The Morgan fingerprint density at radius 3 is 2.47 bits per heavy atom. The molecule has 0 unspecified atom stereocenters. The minimum absolute atomic E-state index is 0.105. The molecule has 0 saturated heterocycles. The van der Waals surface area contributed by atoms with E-state index in [0.29, 0.717) is 4.31 Å². The quantitative estimate of drug-likeness (QED) is 0.757. The molecule has 0 aromatic heterocycles. The Labute approximate surface area is 115 Å². The second kappa shape index (κ2) is 6.58. The molecule has 0 fully saturated rings. The first kappa shape index (κ1) is 16.3. The van der Waals surface area contributed by atoms with Gasteiger partial charge in [-0.25, -0.2) is 21.6 Å². The molecule has 0 N–H and O–H groups in total. The van der Waals surface area contributed by atoms with Crippen molar-refractivity contribution in [3.63, 3.8) is 0 Å². The third-order valence-electron chi connectivity index (χ3n) is 2.43. The number of hydrogen-bond donors (Lipinski definition) is 0. The van der Waals surface area contributed by atoms with Gasteiger partial charge in [0.25, 0.3) is 6.43 Å². The molecule has 0 spiro atoms. The van der Waals surface area contributed by atoms with Gasteiger partial charge in [0.15, 0.2) is 0 Å². The molecule has 19 heavy (non-hydrogen) atoms. The SMILES string of the molecule is Cc1cc(F)ccc1S(=O)(=O)N(CCCl)CC(F)F. The summed E-state index contributed by atoms with van der Waals surface area (Å²) < 4.78 is 62.8.